The summed E-state index contributed by atoms with van der Waals surface area (Å²) in [5, 5.41) is 12.8. The molecule has 0 radical (unpaired) electrons. The van der Waals surface area contributed by atoms with Crippen LogP contribution in [0.1, 0.15) is 15.9 Å². The first-order valence-electron chi connectivity index (χ1n) is 7.66. The van der Waals surface area contributed by atoms with Crippen molar-refractivity contribution in [2.24, 2.45) is 0 Å². The largest absolute Gasteiger partial charge is 0.480 e. The zero-order chi connectivity index (χ0) is 17.8. The van der Waals surface area contributed by atoms with E-state index < -0.39 is 17.9 Å². The van der Waals surface area contributed by atoms with Crippen molar-refractivity contribution in [1.29, 1.82) is 0 Å². The number of aromatic nitrogens is 1. The molecule has 0 aliphatic rings. The highest BCUT2D eigenvalue weighted by atomic mass is 79.9. The number of aliphatic carboxylic acids is 1. The summed E-state index contributed by atoms with van der Waals surface area (Å²) in [6.07, 6.45) is 1.64. The van der Waals surface area contributed by atoms with Gasteiger partial charge in [0, 0.05) is 22.5 Å². The predicted molar refractivity (Wildman–Crippen MR) is 98.5 cm³/mol. The van der Waals surface area contributed by atoms with E-state index in [0.717, 1.165) is 20.9 Å². The summed E-state index contributed by atoms with van der Waals surface area (Å²) in [5.41, 5.74) is 1.92. The van der Waals surface area contributed by atoms with E-state index in [0.29, 0.717) is 5.56 Å². The highest BCUT2D eigenvalue weighted by Gasteiger charge is 2.22. The summed E-state index contributed by atoms with van der Waals surface area (Å²) in [6, 6.07) is 15.4. The maximum Gasteiger partial charge on any atom is 0.326 e. The summed E-state index contributed by atoms with van der Waals surface area (Å²) in [4.78, 5) is 28.2. The van der Waals surface area contributed by atoms with Crippen LogP contribution in [-0.2, 0) is 11.2 Å². The van der Waals surface area contributed by atoms with Gasteiger partial charge in [-0.15, -0.1) is 0 Å². The van der Waals surface area contributed by atoms with Gasteiger partial charge in [0.05, 0.1) is 11.1 Å². The summed E-state index contributed by atoms with van der Waals surface area (Å²) in [6.45, 7) is 0. The average molecular weight is 399 g/mol. The Balaban J connectivity index is 1.80. The fraction of sp³-hybridized carbons (Fsp3) is 0.105. The number of hydrogen-bond acceptors (Lipinski definition) is 3. The highest BCUT2D eigenvalue weighted by Crippen LogP contribution is 2.18. The molecule has 6 heteroatoms. The molecule has 0 saturated carbocycles. The lowest BCUT2D eigenvalue weighted by atomic mass is 10.1. The molecule has 0 aliphatic heterocycles. The molecule has 3 rings (SSSR count). The van der Waals surface area contributed by atoms with E-state index in [4.69, 9.17) is 0 Å². The number of nitrogens with zero attached hydrogens (tertiary/aromatic N) is 1. The number of rotatable bonds is 5. The van der Waals surface area contributed by atoms with E-state index in [9.17, 15) is 14.7 Å². The molecular weight excluding hydrogens is 384 g/mol. The van der Waals surface area contributed by atoms with Gasteiger partial charge in [0.1, 0.15) is 6.04 Å². The third kappa shape index (κ3) is 4.03. The number of hydrogen-bond donors (Lipinski definition) is 2. The van der Waals surface area contributed by atoms with Crippen molar-refractivity contribution < 1.29 is 14.7 Å². The Morgan fingerprint density at radius 1 is 1.12 bits per heavy atom. The number of carboxylic acids is 1. The molecule has 1 atom stereocenters. The second-order valence-electron chi connectivity index (χ2n) is 5.58. The lowest BCUT2D eigenvalue weighted by Gasteiger charge is -2.15. The monoisotopic (exact) mass is 398 g/mol. The highest BCUT2D eigenvalue weighted by molar-refractivity contribution is 9.10. The Morgan fingerprint density at radius 3 is 2.60 bits per heavy atom. The molecule has 3 aromatic rings. The van der Waals surface area contributed by atoms with E-state index in [2.05, 4.69) is 26.2 Å². The molecule has 1 amide bonds. The van der Waals surface area contributed by atoms with Gasteiger partial charge < -0.3 is 10.4 Å². The topological polar surface area (TPSA) is 79.3 Å². The fourth-order valence-electron chi connectivity index (χ4n) is 2.52. The number of halogens is 1. The maximum atomic E-state index is 12.5. The number of nitrogens with one attached hydrogen (secondary N) is 1. The molecule has 0 unspecified atom stereocenters. The van der Waals surface area contributed by atoms with Crippen LogP contribution in [0.5, 0.6) is 0 Å². The van der Waals surface area contributed by atoms with E-state index in [1.165, 1.54) is 6.20 Å². The third-order valence-corrected chi connectivity index (χ3v) is 4.61. The number of carbonyl (C=O) groups excluding carboxylic acids is 1. The van der Waals surface area contributed by atoms with Crippen LogP contribution in [0, 0.1) is 0 Å². The van der Waals surface area contributed by atoms with Gasteiger partial charge in [0.15, 0.2) is 0 Å². The van der Waals surface area contributed by atoms with Crippen LogP contribution in [0.3, 0.4) is 0 Å². The maximum absolute atomic E-state index is 12.5. The van der Waals surface area contributed by atoms with Gasteiger partial charge in [0.2, 0.25) is 0 Å². The molecule has 0 aliphatic carbocycles. The minimum Gasteiger partial charge on any atom is -0.480 e. The van der Waals surface area contributed by atoms with Crippen molar-refractivity contribution in [2.75, 3.05) is 0 Å². The number of fused-ring (bicyclic) bond motifs is 1. The Labute approximate surface area is 152 Å². The van der Waals surface area contributed by atoms with Gasteiger partial charge in [-0.1, -0.05) is 52.3 Å². The van der Waals surface area contributed by atoms with Crippen LogP contribution in [0.25, 0.3) is 10.9 Å². The minimum atomic E-state index is -1.09. The molecule has 1 heterocycles. The van der Waals surface area contributed by atoms with Crippen LogP contribution in [0.2, 0.25) is 0 Å². The van der Waals surface area contributed by atoms with Crippen molar-refractivity contribution in [3.63, 3.8) is 0 Å². The van der Waals surface area contributed by atoms with Crippen molar-refractivity contribution >= 4 is 38.7 Å². The lowest BCUT2D eigenvalue weighted by Crippen LogP contribution is -2.42. The lowest BCUT2D eigenvalue weighted by molar-refractivity contribution is -0.139. The first-order valence-corrected chi connectivity index (χ1v) is 8.46. The average Bonchev–Trinajstić information content (AvgIpc) is 2.62. The standard InChI is InChI=1S/C19H15BrN2O3/c20-15-7-3-1-5-12(15)10-17(19(24)25)22-18(23)14-9-13-6-2-4-8-16(13)21-11-14/h1-9,11,17H,10H2,(H,22,23)(H,24,25)/t17-/m0/s1. The quantitative estimate of drug-likeness (QED) is 0.689. The van der Waals surface area contributed by atoms with Gasteiger partial charge >= 0.3 is 5.97 Å². The predicted octanol–water partition coefficient (Wildman–Crippen LogP) is 3.42. The molecule has 2 aromatic carbocycles. The second kappa shape index (κ2) is 7.44. The van der Waals surface area contributed by atoms with Crippen molar-refractivity contribution in [2.45, 2.75) is 12.5 Å². The van der Waals surface area contributed by atoms with E-state index in [1.807, 2.05) is 48.5 Å². The van der Waals surface area contributed by atoms with Gasteiger partial charge in [-0.3, -0.25) is 9.78 Å². The van der Waals surface area contributed by atoms with Gasteiger partial charge in [-0.2, -0.15) is 0 Å². The van der Waals surface area contributed by atoms with Crippen molar-refractivity contribution in [1.82, 2.24) is 10.3 Å². The van der Waals surface area contributed by atoms with Crippen LogP contribution in [0.15, 0.2) is 65.3 Å². The van der Waals surface area contributed by atoms with Crippen LogP contribution >= 0.6 is 15.9 Å². The Bertz CT molecular complexity index is 943. The number of amides is 1. The van der Waals surface area contributed by atoms with E-state index in [1.54, 1.807) is 6.07 Å². The number of pyridine rings is 1. The summed E-state index contributed by atoms with van der Waals surface area (Å²) in [5.74, 6) is -1.55. The summed E-state index contributed by atoms with van der Waals surface area (Å²) in [7, 11) is 0. The van der Waals surface area contributed by atoms with Gasteiger partial charge in [0.25, 0.3) is 5.91 Å². The van der Waals surface area contributed by atoms with E-state index >= 15 is 0 Å². The fourth-order valence-corrected chi connectivity index (χ4v) is 2.97. The number of carboxylic acid groups (broad SMARTS) is 1. The number of para-hydroxylation sites is 1. The van der Waals surface area contributed by atoms with Gasteiger partial charge in [-0.05, 0) is 23.8 Å². The molecule has 5 nitrogen and oxygen atoms in total. The molecule has 1 aromatic heterocycles. The second-order valence-corrected chi connectivity index (χ2v) is 6.43. The molecule has 0 bridgehead atoms. The smallest absolute Gasteiger partial charge is 0.326 e. The van der Waals surface area contributed by atoms with Crippen LogP contribution in [-0.4, -0.2) is 28.0 Å². The minimum absolute atomic E-state index is 0.184. The molecule has 0 saturated heterocycles. The zero-order valence-corrected chi connectivity index (χ0v) is 14.7. The Hall–Kier alpha value is -2.73. The Kier molecular flexibility index (Phi) is 5.09. The molecule has 126 valence electrons. The van der Waals surface area contributed by atoms with Crippen LogP contribution < -0.4 is 5.32 Å². The molecule has 25 heavy (non-hydrogen) atoms. The Morgan fingerprint density at radius 2 is 1.84 bits per heavy atom. The third-order valence-electron chi connectivity index (χ3n) is 3.84. The molecular formula is C19H15BrN2O3. The first-order chi connectivity index (χ1) is 12.0. The summed E-state index contributed by atoms with van der Waals surface area (Å²) < 4.78 is 0.808. The van der Waals surface area contributed by atoms with Crippen LogP contribution in [0.4, 0.5) is 0 Å². The van der Waals surface area contributed by atoms with E-state index in [-0.39, 0.29) is 6.42 Å². The first kappa shape index (κ1) is 17.1. The van der Waals surface area contributed by atoms with Crippen molar-refractivity contribution in [3.8, 4) is 0 Å². The molecule has 0 fully saturated rings. The molecule has 2 N–H and O–H groups in total. The van der Waals surface area contributed by atoms with Gasteiger partial charge in [-0.25, -0.2) is 4.79 Å². The SMILES string of the molecule is O=C(N[C@@H](Cc1ccccc1Br)C(=O)O)c1cnc2ccccc2c1. The zero-order valence-electron chi connectivity index (χ0n) is 13.1. The number of benzene rings is 2. The summed E-state index contributed by atoms with van der Waals surface area (Å²) >= 11 is 3.40. The molecule has 0 spiro atoms. The van der Waals surface area contributed by atoms with Crippen molar-refractivity contribution in [3.05, 3.63) is 76.4 Å². The normalized spacial score (nSPS) is 11.9. The number of carbonyl (C=O) groups is 2.